The number of carbonyl (C=O) groups excluding carboxylic acids is 3. The van der Waals surface area contributed by atoms with E-state index < -0.39 is 11.9 Å². The van der Waals surface area contributed by atoms with Crippen LogP contribution in [0.2, 0.25) is 0 Å². The van der Waals surface area contributed by atoms with Gasteiger partial charge in [0.1, 0.15) is 5.75 Å². The Kier molecular flexibility index (Phi) is 7.28. The van der Waals surface area contributed by atoms with Crippen molar-refractivity contribution in [2.24, 2.45) is 5.10 Å². The van der Waals surface area contributed by atoms with E-state index in [1.165, 1.54) is 6.21 Å². The molecule has 0 aliphatic heterocycles. The molecule has 0 fully saturated rings. The SMILES string of the molecule is Cc1cccc(C(=O)Oc2ccc(/C=N/NC(=O)CNC(=O)c3cccc4ccccc34)cc2)c1. The average Bonchev–Trinajstić information content (AvgIpc) is 2.88. The number of rotatable bonds is 7. The second-order valence-electron chi connectivity index (χ2n) is 7.83. The maximum atomic E-state index is 12.5. The number of hydrogen-bond donors (Lipinski definition) is 2. The Morgan fingerprint density at radius 3 is 2.43 bits per heavy atom. The molecule has 4 aromatic rings. The van der Waals surface area contributed by atoms with Crippen LogP contribution in [0, 0.1) is 6.92 Å². The highest BCUT2D eigenvalue weighted by Gasteiger charge is 2.11. The van der Waals surface area contributed by atoms with Gasteiger partial charge in [-0.1, -0.05) is 54.1 Å². The van der Waals surface area contributed by atoms with Crippen LogP contribution < -0.4 is 15.5 Å². The minimum absolute atomic E-state index is 0.215. The Hall–Kier alpha value is -4.78. The molecule has 0 atom stereocenters. The quantitative estimate of drug-likeness (QED) is 0.185. The zero-order valence-corrected chi connectivity index (χ0v) is 19.0. The fourth-order valence-corrected chi connectivity index (χ4v) is 3.46. The number of fused-ring (bicyclic) bond motifs is 1. The van der Waals surface area contributed by atoms with Crippen molar-refractivity contribution < 1.29 is 19.1 Å². The van der Waals surface area contributed by atoms with Crippen LogP contribution in [0.4, 0.5) is 0 Å². The molecule has 4 rings (SSSR count). The lowest BCUT2D eigenvalue weighted by Crippen LogP contribution is -2.35. The standard InChI is InChI=1S/C28H23N3O4/c1-19-6-4-9-22(16-19)28(34)35-23-14-12-20(13-15-23)17-30-31-26(32)18-29-27(33)25-11-5-8-21-7-2-3-10-24(21)25/h2-17H,18H2,1H3,(H,29,33)(H,31,32)/b30-17+. The lowest BCUT2D eigenvalue weighted by molar-refractivity contribution is -0.120. The summed E-state index contributed by atoms with van der Waals surface area (Å²) in [5.41, 5.74) is 5.03. The first-order valence-corrected chi connectivity index (χ1v) is 11.0. The molecule has 0 heterocycles. The summed E-state index contributed by atoms with van der Waals surface area (Å²) in [6.45, 7) is 1.69. The minimum atomic E-state index is -0.460. The summed E-state index contributed by atoms with van der Waals surface area (Å²) in [6.07, 6.45) is 1.45. The number of hydrogen-bond acceptors (Lipinski definition) is 5. The molecule has 174 valence electrons. The van der Waals surface area contributed by atoms with E-state index in [4.69, 9.17) is 4.74 Å². The number of nitrogens with zero attached hydrogens (tertiary/aromatic N) is 1. The van der Waals surface area contributed by atoms with Crippen LogP contribution in [0.15, 0.2) is 96.1 Å². The molecule has 0 aliphatic rings. The first-order valence-electron chi connectivity index (χ1n) is 11.0. The van der Waals surface area contributed by atoms with E-state index in [0.717, 1.165) is 16.3 Å². The van der Waals surface area contributed by atoms with Gasteiger partial charge in [0.25, 0.3) is 11.8 Å². The van der Waals surface area contributed by atoms with Crippen molar-refractivity contribution in [3.05, 3.63) is 113 Å². The van der Waals surface area contributed by atoms with Gasteiger partial charge in [0, 0.05) is 5.56 Å². The molecule has 0 spiro atoms. The zero-order chi connectivity index (χ0) is 24.6. The predicted molar refractivity (Wildman–Crippen MR) is 135 cm³/mol. The normalized spacial score (nSPS) is 10.8. The summed E-state index contributed by atoms with van der Waals surface area (Å²) in [6, 6.07) is 26.9. The van der Waals surface area contributed by atoms with Gasteiger partial charge in [-0.2, -0.15) is 5.10 Å². The Balaban J connectivity index is 1.26. The van der Waals surface area contributed by atoms with E-state index in [1.54, 1.807) is 54.6 Å². The van der Waals surface area contributed by atoms with E-state index in [1.807, 2.05) is 43.3 Å². The third kappa shape index (κ3) is 6.17. The Morgan fingerprint density at radius 2 is 1.63 bits per heavy atom. The summed E-state index contributed by atoms with van der Waals surface area (Å²) >= 11 is 0. The molecular weight excluding hydrogens is 442 g/mol. The predicted octanol–water partition coefficient (Wildman–Crippen LogP) is 4.25. The largest absolute Gasteiger partial charge is 0.423 e. The maximum absolute atomic E-state index is 12.5. The zero-order valence-electron chi connectivity index (χ0n) is 19.0. The van der Waals surface area contributed by atoms with Gasteiger partial charge in [-0.3, -0.25) is 9.59 Å². The smallest absolute Gasteiger partial charge is 0.343 e. The molecule has 7 heteroatoms. The molecule has 2 N–H and O–H groups in total. The highest BCUT2D eigenvalue weighted by molar-refractivity contribution is 6.07. The van der Waals surface area contributed by atoms with Crippen LogP contribution in [-0.4, -0.2) is 30.5 Å². The number of nitrogens with one attached hydrogen (secondary N) is 2. The van der Waals surface area contributed by atoms with Gasteiger partial charge >= 0.3 is 5.97 Å². The molecule has 0 aliphatic carbocycles. The summed E-state index contributed by atoms with van der Waals surface area (Å²) in [5.74, 6) is -0.836. The summed E-state index contributed by atoms with van der Waals surface area (Å²) in [7, 11) is 0. The van der Waals surface area contributed by atoms with E-state index in [0.29, 0.717) is 22.4 Å². The molecule has 0 bridgehead atoms. The van der Waals surface area contributed by atoms with Crippen molar-refractivity contribution in [3.63, 3.8) is 0 Å². The highest BCUT2D eigenvalue weighted by atomic mass is 16.5. The molecule has 0 radical (unpaired) electrons. The van der Waals surface area contributed by atoms with Gasteiger partial charge in [-0.25, -0.2) is 10.2 Å². The van der Waals surface area contributed by atoms with Crippen LogP contribution in [0.5, 0.6) is 5.75 Å². The Bertz CT molecular complexity index is 1410. The van der Waals surface area contributed by atoms with Crippen molar-refractivity contribution in [2.75, 3.05) is 6.54 Å². The minimum Gasteiger partial charge on any atom is -0.423 e. The second-order valence-corrected chi connectivity index (χ2v) is 7.83. The summed E-state index contributed by atoms with van der Waals surface area (Å²) < 4.78 is 5.38. The van der Waals surface area contributed by atoms with Gasteiger partial charge < -0.3 is 10.1 Å². The number of hydrazone groups is 1. The average molecular weight is 466 g/mol. The lowest BCUT2D eigenvalue weighted by Gasteiger charge is -2.07. The van der Waals surface area contributed by atoms with Crippen LogP contribution in [-0.2, 0) is 4.79 Å². The molecule has 0 saturated heterocycles. The van der Waals surface area contributed by atoms with E-state index in [9.17, 15) is 14.4 Å². The molecule has 0 unspecified atom stereocenters. The molecule has 2 amide bonds. The summed E-state index contributed by atoms with van der Waals surface area (Å²) in [4.78, 5) is 36.8. The number of aryl methyl sites for hydroxylation is 1. The summed E-state index contributed by atoms with van der Waals surface area (Å²) in [5, 5.41) is 8.28. The number of ether oxygens (including phenoxy) is 1. The second kappa shape index (κ2) is 10.9. The molecule has 0 saturated carbocycles. The monoisotopic (exact) mass is 465 g/mol. The fraction of sp³-hybridized carbons (Fsp3) is 0.0714. The number of amides is 2. The highest BCUT2D eigenvalue weighted by Crippen LogP contribution is 2.18. The van der Waals surface area contributed by atoms with E-state index in [2.05, 4.69) is 15.8 Å². The maximum Gasteiger partial charge on any atom is 0.343 e. The molecule has 35 heavy (non-hydrogen) atoms. The van der Waals surface area contributed by atoms with Crippen LogP contribution in [0.3, 0.4) is 0 Å². The van der Waals surface area contributed by atoms with Crippen molar-refractivity contribution in [3.8, 4) is 5.75 Å². The van der Waals surface area contributed by atoms with Crippen LogP contribution in [0.25, 0.3) is 10.8 Å². The van der Waals surface area contributed by atoms with Crippen LogP contribution in [0.1, 0.15) is 31.8 Å². The molecule has 7 nitrogen and oxygen atoms in total. The van der Waals surface area contributed by atoms with Crippen molar-refractivity contribution in [1.29, 1.82) is 0 Å². The van der Waals surface area contributed by atoms with Gasteiger partial charge in [0.15, 0.2) is 0 Å². The molecule has 4 aromatic carbocycles. The number of carbonyl (C=O) groups is 3. The Morgan fingerprint density at radius 1 is 0.886 bits per heavy atom. The van der Waals surface area contributed by atoms with Crippen molar-refractivity contribution in [2.45, 2.75) is 6.92 Å². The van der Waals surface area contributed by atoms with Gasteiger partial charge in [0.05, 0.1) is 18.3 Å². The topological polar surface area (TPSA) is 96.9 Å². The third-order valence-corrected chi connectivity index (χ3v) is 5.19. The van der Waals surface area contributed by atoms with E-state index >= 15 is 0 Å². The van der Waals surface area contributed by atoms with Gasteiger partial charge in [-0.15, -0.1) is 0 Å². The fourth-order valence-electron chi connectivity index (χ4n) is 3.46. The van der Waals surface area contributed by atoms with Crippen LogP contribution >= 0.6 is 0 Å². The third-order valence-electron chi connectivity index (χ3n) is 5.19. The first kappa shape index (κ1) is 23.4. The Labute approximate surface area is 202 Å². The van der Waals surface area contributed by atoms with Crippen molar-refractivity contribution >= 4 is 34.8 Å². The van der Waals surface area contributed by atoms with E-state index in [-0.39, 0.29) is 12.5 Å². The van der Waals surface area contributed by atoms with Crippen molar-refractivity contribution in [1.82, 2.24) is 10.7 Å². The molecule has 0 aromatic heterocycles. The lowest BCUT2D eigenvalue weighted by atomic mass is 10.0. The number of benzene rings is 4. The first-order chi connectivity index (χ1) is 17.0. The number of esters is 1. The van der Waals surface area contributed by atoms with Gasteiger partial charge in [0.2, 0.25) is 0 Å². The van der Waals surface area contributed by atoms with Gasteiger partial charge in [-0.05, 0) is 65.7 Å². The molecular formula is C28H23N3O4.